The molecule has 1 aliphatic rings. The Labute approximate surface area is 89.0 Å². The molecule has 0 atom stereocenters. The van der Waals surface area contributed by atoms with Crippen LogP contribution in [-0.2, 0) is 0 Å². The highest BCUT2D eigenvalue weighted by atomic mass is 79.9. The summed E-state index contributed by atoms with van der Waals surface area (Å²) < 4.78 is 5.91. The molecule has 0 unspecified atom stereocenters. The van der Waals surface area contributed by atoms with Crippen LogP contribution in [0.5, 0.6) is 5.75 Å². The van der Waals surface area contributed by atoms with Crippen LogP contribution in [0.4, 0.5) is 0 Å². The summed E-state index contributed by atoms with van der Waals surface area (Å²) in [4.78, 5) is 14.8. The van der Waals surface area contributed by atoms with Crippen molar-refractivity contribution >= 4 is 21.9 Å². The maximum Gasteiger partial charge on any atom is 0.339 e. The summed E-state index contributed by atoms with van der Waals surface area (Å²) >= 11 is 3.12. The van der Waals surface area contributed by atoms with Crippen LogP contribution in [0.1, 0.15) is 23.2 Å². The molecular weight excluding hydrogens is 250 g/mol. The zero-order chi connectivity index (χ0) is 10.1. The van der Waals surface area contributed by atoms with Crippen molar-refractivity contribution < 1.29 is 14.6 Å². The van der Waals surface area contributed by atoms with Crippen molar-refractivity contribution in [3.63, 3.8) is 0 Å². The average molecular weight is 258 g/mol. The second-order valence-electron chi connectivity index (χ2n) is 3.13. The second-order valence-corrected chi connectivity index (χ2v) is 3.94. The van der Waals surface area contributed by atoms with Crippen molar-refractivity contribution in [2.45, 2.75) is 18.9 Å². The van der Waals surface area contributed by atoms with Gasteiger partial charge in [0.1, 0.15) is 10.2 Å². The fourth-order valence-corrected chi connectivity index (χ4v) is 1.38. The van der Waals surface area contributed by atoms with Gasteiger partial charge in [0.2, 0.25) is 0 Å². The fraction of sp³-hybridized carbons (Fsp3) is 0.333. The Hall–Kier alpha value is -1.10. The van der Waals surface area contributed by atoms with Gasteiger partial charge in [-0.05, 0) is 34.8 Å². The molecule has 0 saturated heterocycles. The van der Waals surface area contributed by atoms with E-state index >= 15 is 0 Å². The van der Waals surface area contributed by atoms with Crippen molar-refractivity contribution in [1.82, 2.24) is 4.98 Å². The summed E-state index contributed by atoms with van der Waals surface area (Å²) in [6.45, 7) is 0. The molecule has 2 rings (SSSR count). The molecule has 1 aliphatic carbocycles. The van der Waals surface area contributed by atoms with E-state index in [1.54, 1.807) is 0 Å². The van der Waals surface area contributed by atoms with Crippen molar-refractivity contribution in [1.29, 1.82) is 0 Å². The van der Waals surface area contributed by atoms with E-state index in [9.17, 15) is 4.79 Å². The first-order valence-corrected chi connectivity index (χ1v) is 5.01. The molecule has 0 aliphatic heterocycles. The van der Waals surface area contributed by atoms with E-state index in [1.807, 2.05) is 0 Å². The maximum atomic E-state index is 10.8. The van der Waals surface area contributed by atoms with Gasteiger partial charge in [-0.3, -0.25) is 0 Å². The molecule has 4 nitrogen and oxygen atoms in total. The third-order valence-corrected chi connectivity index (χ3v) is 2.32. The lowest BCUT2D eigenvalue weighted by molar-refractivity contribution is 0.0691. The minimum Gasteiger partial charge on any atom is -0.488 e. The number of carboxylic acid groups (broad SMARTS) is 1. The molecule has 14 heavy (non-hydrogen) atoms. The fourth-order valence-electron chi connectivity index (χ4n) is 1.04. The van der Waals surface area contributed by atoms with Crippen molar-refractivity contribution in [3.05, 3.63) is 22.4 Å². The van der Waals surface area contributed by atoms with Crippen molar-refractivity contribution in [2.75, 3.05) is 0 Å². The Kier molecular flexibility index (Phi) is 2.41. The van der Waals surface area contributed by atoms with Crippen LogP contribution in [0.15, 0.2) is 16.9 Å². The summed E-state index contributed by atoms with van der Waals surface area (Å²) in [5.74, 6) is -0.646. The van der Waals surface area contributed by atoms with E-state index in [0.29, 0.717) is 10.4 Å². The number of aromatic carboxylic acids is 1. The summed E-state index contributed by atoms with van der Waals surface area (Å²) in [7, 11) is 0. The van der Waals surface area contributed by atoms with Gasteiger partial charge in [-0.1, -0.05) is 0 Å². The molecule has 1 N–H and O–H groups in total. The SMILES string of the molecule is O=C(O)c1cc(Br)ncc1OC1CC1. The summed E-state index contributed by atoms with van der Waals surface area (Å²) in [5, 5.41) is 8.89. The van der Waals surface area contributed by atoms with Gasteiger partial charge in [-0.25, -0.2) is 9.78 Å². The van der Waals surface area contributed by atoms with Gasteiger partial charge in [0.05, 0.1) is 12.3 Å². The molecule has 0 aromatic carbocycles. The van der Waals surface area contributed by atoms with E-state index in [0.717, 1.165) is 12.8 Å². The smallest absolute Gasteiger partial charge is 0.339 e. The summed E-state index contributed by atoms with van der Waals surface area (Å²) in [6.07, 6.45) is 3.60. The largest absolute Gasteiger partial charge is 0.488 e. The molecule has 0 spiro atoms. The third-order valence-electron chi connectivity index (χ3n) is 1.88. The summed E-state index contributed by atoms with van der Waals surface area (Å²) in [6, 6.07) is 1.44. The Morgan fingerprint density at radius 1 is 1.64 bits per heavy atom. The Morgan fingerprint density at radius 2 is 2.36 bits per heavy atom. The molecule has 0 radical (unpaired) electrons. The van der Waals surface area contributed by atoms with Crippen molar-refractivity contribution in [2.24, 2.45) is 0 Å². The predicted molar refractivity (Wildman–Crippen MR) is 52.5 cm³/mol. The standard InChI is InChI=1S/C9H8BrNO3/c10-8-3-6(9(12)13)7(4-11-8)14-5-1-2-5/h3-5H,1-2H2,(H,12,13). The lowest BCUT2D eigenvalue weighted by Gasteiger charge is -2.07. The van der Waals surface area contributed by atoms with Crippen LogP contribution in [0.25, 0.3) is 0 Å². The van der Waals surface area contributed by atoms with Gasteiger partial charge >= 0.3 is 5.97 Å². The van der Waals surface area contributed by atoms with E-state index in [-0.39, 0.29) is 11.7 Å². The molecule has 1 saturated carbocycles. The molecule has 1 fully saturated rings. The highest BCUT2D eigenvalue weighted by Gasteiger charge is 2.26. The number of hydrogen-bond acceptors (Lipinski definition) is 3. The van der Waals surface area contributed by atoms with E-state index < -0.39 is 5.97 Å². The first kappa shape index (κ1) is 9.45. The predicted octanol–water partition coefficient (Wildman–Crippen LogP) is 2.08. The van der Waals surface area contributed by atoms with E-state index in [1.165, 1.54) is 12.3 Å². The van der Waals surface area contributed by atoms with Crippen LogP contribution < -0.4 is 4.74 Å². The molecule has 1 aromatic rings. The number of aromatic nitrogens is 1. The molecule has 0 amide bonds. The topological polar surface area (TPSA) is 59.4 Å². The van der Waals surface area contributed by atoms with E-state index in [4.69, 9.17) is 9.84 Å². The first-order chi connectivity index (χ1) is 6.66. The molecule has 0 bridgehead atoms. The van der Waals surface area contributed by atoms with E-state index in [2.05, 4.69) is 20.9 Å². The Balaban J connectivity index is 2.31. The quantitative estimate of drug-likeness (QED) is 0.843. The van der Waals surface area contributed by atoms with Crippen LogP contribution in [0.2, 0.25) is 0 Å². The number of halogens is 1. The third kappa shape index (κ3) is 2.04. The van der Waals surface area contributed by atoms with Gasteiger partial charge in [0, 0.05) is 0 Å². The molecule has 5 heteroatoms. The molecule has 1 aromatic heterocycles. The molecule has 74 valence electrons. The van der Waals surface area contributed by atoms with Gasteiger partial charge in [-0.15, -0.1) is 0 Å². The number of hydrogen-bond donors (Lipinski definition) is 1. The number of carboxylic acids is 1. The Morgan fingerprint density at radius 3 is 2.93 bits per heavy atom. The number of ether oxygens (including phenoxy) is 1. The van der Waals surface area contributed by atoms with Gasteiger partial charge in [0.15, 0.2) is 5.75 Å². The lowest BCUT2D eigenvalue weighted by Crippen LogP contribution is -2.05. The zero-order valence-corrected chi connectivity index (χ0v) is 8.82. The Bertz CT molecular complexity index is 376. The number of carbonyl (C=O) groups is 1. The van der Waals surface area contributed by atoms with Crippen LogP contribution >= 0.6 is 15.9 Å². The average Bonchev–Trinajstić information content (AvgIpc) is 2.91. The lowest BCUT2D eigenvalue weighted by atomic mass is 10.2. The number of nitrogens with zero attached hydrogens (tertiary/aromatic N) is 1. The van der Waals surface area contributed by atoms with Crippen LogP contribution in [-0.4, -0.2) is 22.2 Å². The minimum absolute atomic E-state index is 0.152. The van der Waals surface area contributed by atoms with Gasteiger partial charge in [-0.2, -0.15) is 0 Å². The van der Waals surface area contributed by atoms with Gasteiger partial charge in [0.25, 0.3) is 0 Å². The maximum absolute atomic E-state index is 10.8. The van der Waals surface area contributed by atoms with Crippen molar-refractivity contribution in [3.8, 4) is 5.75 Å². The highest BCUT2D eigenvalue weighted by molar-refractivity contribution is 9.10. The number of rotatable bonds is 3. The molecule has 1 heterocycles. The van der Waals surface area contributed by atoms with Gasteiger partial charge < -0.3 is 9.84 Å². The number of pyridine rings is 1. The van der Waals surface area contributed by atoms with Crippen LogP contribution in [0.3, 0.4) is 0 Å². The summed E-state index contributed by atoms with van der Waals surface area (Å²) in [5.41, 5.74) is 0.152. The minimum atomic E-state index is -0.997. The second kappa shape index (κ2) is 3.57. The monoisotopic (exact) mass is 257 g/mol. The normalized spacial score (nSPS) is 15.2. The zero-order valence-electron chi connectivity index (χ0n) is 7.24. The molecular formula is C9H8BrNO3. The first-order valence-electron chi connectivity index (χ1n) is 4.22. The van der Waals surface area contributed by atoms with Crippen LogP contribution in [0, 0.1) is 0 Å². The highest BCUT2D eigenvalue weighted by Crippen LogP contribution is 2.29.